The molecule has 1 heterocycles. The zero-order chi connectivity index (χ0) is 18.1. The maximum atomic E-state index is 12.9. The Hall–Kier alpha value is -2.18. The van der Waals surface area contributed by atoms with Crippen LogP contribution in [0.25, 0.3) is 0 Å². The standard InChI is InChI=1S/C18H22ClFN4O/c1-2-21-18(22-10-9-13-3-8-17(19)23-11-13)24-12-16(25)14-4-6-15(20)7-5-14/h3-8,11,16,25H,2,9-10,12H2,1H3,(H2,21,22,24). The molecule has 1 aromatic heterocycles. The molecule has 0 spiro atoms. The average Bonchev–Trinajstić information content (AvgIpc) is 2.61. The van der Waals surface area contributed by atoms with Crippen LogP contribution in [-0.4, -0.2) is 35.7 Å². The highest BCUT2D eigenvalue weighted by atomic mass is 35.5. The zero-order valence-electron chi connectivity index (χ0n) is 14.0. The fourth-order valence-corrected chi connectivity index (χ4v) is 2.30. The number of rotatable bonds is 7. The minimum atomic E-state index is -0.781. The summed E-state index contributed by atoms with van der Waals surface area (Å²) in [5.41, 5.74) is 1.70. The second kappa shape index (κ2) is 9.96. The predicted molar refractivity (Wildman–Crippen MR) is 98.3 cm³/mol. The highest BCUT2D eigenvalue weighted by molar-refractivity contribution is 6.29. The molecule has 134 valence electrons. The van der Waals surface area contributed by atoms with Crippen LogP contribution in [0.4, 0.5) is 4.39 Å². The van der Waals surface area contributed by atoms with E-state index in [1.54, 1.807) is 24.4 Å². The number of aliphatic imine (C=N–C) groups is 1. The molecule has 7 heteroatoms. The highest BCUT2D eigenvalue weighted by Crippen LogP contribution is 2.13. The predicted octanol–water partition coefficient (Wildman–Crippen LogP) is 2.71. The van der Waals surface area contributed by atoms with Crippen molar-refractivity contribution in [3.05, 3.63) is 64.7 Å². The third-order valence-corrected chi connectivity index (χ3v) is 3.74. The van der Waals surface area contributed by atoms with Crippen LogP contribution in [0.5, 0.6) is 0 Å². The molecule has 0 radical (unpaired) electrons. The van der Waals surface area contributed by atoms with Crippen molar-refractivity contribution in [1.29, 1.82) is 0 Å². The first kappa shape index (κ1) is 19.1. The quantitative estimate of drug-likeness (QED) is 0.401. The van der Waals surface area contributed by atoms with E-state index in [0.717, 1.165) is 12.0 Å². The number of aliphatic hydroxyl groups excluding tert-OH is 1. The van der Waals surface area contributed by atoms with Gasteiger partial charge in [-0.1, -0.05) is 29.8 Å². The van der Waals surface area contributed by atoms with E-state index in [-0.39, 0.29) is 12.4 Å². The van der Waals surface area contributed by atoms with Crippen molar-refractivity contribution in [3.8, 4) is 0 Å². The molecule has 2 rings (SSSR count). The molecule has 3 N–H and O–H groups in total. The normalized spacial score (nSPS) is 12.7. The van der Waals surface area contributed by atoms with E-state index in [4.69, 9.17) is 11.6 Å². The average molecular weight is 365 g/mol. The molecular formula is C18H22ClFN4O. The molecule has 0 aliphatic heterocycles. The lowest BCUT2D eigenvalue weighted by atomic mass is 10.1. The second-order valence-corrected chi connectivity index (χ2v) is 5.84. The Morgan fingerprint density at radius 3 is 2.64 bits per heavy atom. The highest BCUT2D eigenvalue weighted by Gasteiger charge is 2.07. The second-order valence-electron chi connectivity index (χ2n) is 5.45. The molecule has 0 fully saturated rings. The number of aromatic nitrogens is 1. The third-order valence-electron chi connectivity index (χ3n) is 3.52. The largest absolute Gasteiger partial charge is 0.386 e. The number of aliphatic hydroxyl groups is 1. The van der Waals surface area contributed by atoms with Gasteiger partial charge in [0.1, 0.15) is 11.0 Å². The van der Waals surface area contributed by atoms with Crippen LogP contribution < -0.4 is 10.6 Å². The molecule has 25 heavy (non-hydrogen) atoms. The van der Waals surface area contributed by atoms with Gasteiger partial charge < -0.3 is 15.7 Å². The first-order chi connectivity index (χ1) is 12.1. The lowest BCUT2D eigenvalue weighted by molar-refractivity contribution is 0.187. The molecule has 5 nitrogen and oxygen atoms in total. The van der Waals surface area contributed by atoms with Gasteiger partial charge in [0.2, 0.25) is 0 Å². The van der Waals surface area contributed by atoms with Crippen molar-refractivity contribution in [3.63, 3.8) is 0 Å². The van der Waals surface area contributed by atoms with Crippen LogP contribution in [0.3, 0.4) is 0 Å². The summed E-state index contributed by atoms with van der Waals surface area (Å²) in [6, 6.07) is 9.46. The summed E-state index contributed by atoms with van der Waals surface area (Å²) in [5, 5.41) is 17.0. The van der Waals surface area contributed by atoms with Gasteiger partial charge in [-0.05, 0) is 42.7 Å². The monoisotopic (exact) mass is 364 g/mol. The summed E-state index contributed by atoms with van der Waals surface area (Å²) >= 11 is 5.77. The summed E-state index contributed by atoms with van der Waals surface area (Å²) in [6.45, 7) is 3.53. The molecule has 1 aromatic carbocycles. The number of hydrogen-bond acceptors (Lipinski definition) is 3. The number of guanidine groups is 1. The maximum Gasteiger partial charge on any atom is 0.191 e. The Labute approximate surface area is 152 Å². The molecule has 1 unspecified atom stereocenters. The van der Waals surface area contributed by atoms with E-state index >= 15 is 0 Å². The van der Waals surface area contributed by atoms with E-state index in [9.17, 15) is 9.50 Å². The van der Waals surface area contributed by atoms with E-state index in [0.29, 0.717) is 29.8 Å². The summed E-state index contributed by atoms with van der Waals surface area (Å²) in [5.74, 6) is 0.289. The molecule has 0 bridgehead atoms. The maximum absolute atomic E-state index is 12.9. The SMILES string of the molecule is CCNC(=NCC(O)c1ccc(F)cc1)NCCc1ccc(Cl)nc1. The van der Waals surface area contributed by atoms with Gasteiger partial charge in [0, 0.05) is 19.3 Å². The molecule has 0 amide bonds. The number of halogens is 2. The topological polar surface area (TPSA) is 69.5 Å². The summed E-state index contributed by atoms with van der Waals surface area (Å²) in [6.07, 6.45) is 1.73. The van der Waals surface area contributed by atoms with Crippen LogP contribution in [0.15, 0.2) is 47.6 Å². The van der Waals surface area contributed by atoms with E-state index in [2.05, 4.69) is 20.6 Å². The summed E-state index contributed by atoms with van der Waals surface area (Å²) in [7, 11) is 0. The number of benzene rings is 1. The number of nitrogens with zero attached hydrogens (tertiary/aromatic N) is 2. The minimum absolute atomic E-state index is 0.184. The van der Waals surface area contributed by atoms with Crippen molar-refractivity contribution in [2.45, 2.75) is 19.4 Å². The lowest BCUT2D eigenvalue weighted by Gasteiger charge is -2.13. The van der Waals surface area contributed by atoms with Crippen molar-refractivity contribution in [2.75, 3.05) is 19.6 Å². The van der Waals surface area contributed by atoms with E-state index in [1.807, 2.05) is 13.0 Å². The molecular weight excluding hydrogens is 343 g/mol. The molecule has 0 saturated heterocycles. The summed E-state index contributed by atoms with van der Waals surface area (Å²) < 4.78 is 12.9. The smallest absolute Gasteiger partial charge is 0.191 e. The summed E-state index contributed by atoms with van der Waals surface area (Å²) in [4.78, 5) is 8.42. The zero-order valence-corrected chi connectivity index (χ0v) is 14.8. The number of nitrogens with one attached hydrogen (secondary N) is 2. The van der Waals surface area contributed by atoms with Gasteiger partial charge in [0.15, 0.2) is 5.96 Å². The van der Waals surface area contributed by atoms with Gasteiger partial charge in [0.25, 0.3) is 0 Å². The van der Waals surface area contributed by atoms with E-state index < -0.39 is 6.10 Å². The van der Waals surface area contributed by atoms with Gasteiger partial charge in [-0.3, -0.25) is 4.99 Å². The van der Waals surface area contributed by atoms with Gasteiger partial charge in [0.05, 0.1) is 12.6 Å². The van der Waals surface area contributed by atoms with Gasteiger partial charge in [-0.25, -0.2) is 9.37 Å². The van der Waals surface area contributed by atoms with Crippen molar-refractivity contribution >= 4 is 17.6 Å². The molecule has 0 aliphatic rings. The Balaban J connectivity index is 1.86. The fraction of sp³-hybridized carbons (Fsp3) is 0.333. The van der Waals surface area contributed by atoms with Crippen molar-refractivity contribution < 1.29 is 9.50 Å². The number of hydrogen-bond donors (Lipinski definition) is 3. The van der Waals surface area contributed by atoms with Crippen molar-refractivity contribution in [2.24, 2.45) is 4.99 Å². The van der Waals surface area contributed by atoms with Crippen LogP contribution in [0.1, 0.15) is 24.2 Å². The van der Waals surface area contributed by atoms with Crippen LogP contribution in [0.2, 0.25) is 5.15 Å². The molecule has 1 atom stereocenters. The number of pyridine rings is 1. The molecule has 0 aliphatic carbocycles. The Morgan fingerprint density at radius 1 is 1.24 bits per heavy atom. The first-order valence-electron chi connectivity index (χ1n) is 8.14. The van der Waals surface area contributed by atoms with Gasteiger partial charge in [-0.15, -0.1) is 0 Å². The van der Waals surface area contributed by atoms with Gasteiger partial charge >= 0.3 is 0 Å². The van der Waals surface area contributed by atoms with Gasteiger partial charge in [-0.2, -0.15) is 0 Å². The van der Waals surface area contributed by atoms with E-state index in [1.165, 1.54) is 12.1 Å². The van der Waals surface area contributed by atoms with Crippen molar-refractivity contribution in [1.82, 2.24) is 15.6 Å². The van der Waals surface area contributed by atoms with Crippen LogP contribution in [-0.2, 0) is 6.42 Å². The van der Waals surface area contributed by atoms with Crippen LogP contribution in [0, 0.1) is 5.82 Å². The Kier molecular flexibility index (Phi) is 7.63. The fourth-order valence-electron chi connectivity index (χ4n) is 2.19. The third kappa shape index (κ3) is 6.68. The Morgan fingerprint density at radius 2 is 2.00 bits per heavy atom. The first-order valence-corrected chi connectivity index (χ1v) is 8.52. The van der Waals surface area contributed by atoms with Crippen LogP contribution >= 0.6 is 11.6 Å². The lowest BCUT2D eigenvalue weighted by Crippen LogP contribution is -2.38. The Bertz CT molecular complexity index is 676. The minimum Gasteiger partial charge on any atom is -0.386 e. The molecule has 2 aromatic rings. The molecule has 0 saturated carbocycles.